The van der Waals surface area contributed by atoms with Gasteiger partial charge in [-0.25, -0.2) is 14.2 Å². The summed E-state index contributed by atoms with van der Waals surface area (Å²) in [5, 5.41) is 11.6. The van der Waals surface area contributed by atoms with Gasteiger partial charge in [-0.3, -0.25) is 4.79 Å². The molecular weight excluding hydrogens is 387 g/mol. The van der Waals surface area contributed by atoms with Gasteiger partial charge in [0.1, 0.15) is 11.5 Å². The van der Waals surface area contributed by atoms with E-state index in [1.54, 1.807) is 36.4 Å². The van der Waals surface area contributed by atoms with Gasteiger partial charge >= 0.3 is 5.97 Å². The number of carbonyl (C=O) groups excluding carboxylic acids is 1. The van der Waals surface area contributed by atoms with Crippen molar-refractivity contribution in [3.05, 3.63) is 58.8 Å². The molecule has 0 spiro atoms. The fourth-order valence-corrected chi connectivity index (χ4v) is 3.15. The Bertz CT molecular complexity index is 990. The van der Waals surface area contributed by atoms with Crippen LogP contribution < -0.4 is 14.8 Å². The van der Waals surface area contributed by atoms with Crippen molar-refractivity contribution in [3.63, 3.8) is 0 Å². The summed E-state index contributed by atoms with van der Waals surface area (Å²) in [6.07, 6.45) is 1.62. The number of carboxylic acids is 1. The molecule has 0 saturated carbocycles. The van der Waals surface area contributed by atoms with Crippen molar-refractivity contribution in [2.45, 2.75) is 0 Å². The molecule has 0 bridgehead atoms. The van der Waals surface area contributed by atoms with Crippen LogP contribution in [0.1, 0.15) is 5.56 Å². The van der Waals surface area contributed by atoms with Gasteiger partial charge in [0.2, 0.25) is 0 Å². The molecule has 0 radical (unpaired) electrons. The molecule has 1 aliphatic rings. The van der Waals surface area contributed by atoms with E-state index in [2.05, 4.69) is 10.3 Å². The Balaban J connectivity index is 1.80. The first-order valence-corrected chi connectivity index (χ1v) is 8.84. The Labute approximate surface area is 163 Å². The summed E-state index contributed by atoms with van der Waals surface area (Å²) in [5.74, 6) is -1.33. The Morgan fingerprint density at radius 1 is 1.29 bits per heavy atom. The number of methoxy groups -OCH3 is 1. The summed E-state index contributed by atoms with van der Waals surface area (Å²) >= 11 is 1.08. The number of aliphatic imine (C=N–C) groups is 1. The van der Waals surface area contributed by atoms with Crippen molar-refractivity contribution in [3.8, 4) is 11.5 Å². The lowest BCUT2D eigenvalue weighted by atomic mass is 10.2. The van der Waals surface area contributed by atoms with Gasteiger partial charge in [0, 0.05) is 0 Å². The third-order valence-corrected chi connectivity index (χ3v) is 4.47. The van der Waals surface area contributed by atoms with E-state index >= 15 is 0 Å². The largest absolute Gasteiger partial charge is 0.493 e. The molecular formula is C19H15FN2O5S. The van der Waals surface area contributed by atoms with Crippen molar-refractivity contribution in [1.29, 1.82) is 0 Å². The lowest BCUT2D eigenvalue weighted by molar-refractivity contribution is -0.139. The van der Waals surface area contributed by atoms with Crippen LogP contribution in [0.4, 0.5) is 10.1 Å². The minimum atomic E-state index is -1.10. The molecule has 1 amide bonds. The molecule has 0 atom stereocenters. The number of thioether (sulfide) groups is 1. The van der Waals surface area contributed by atoms with Crippen LogP contribution in [-0.2, 0) is 9.59 Å². The Morgan fingerprint density at radius 3 is 2.79 bits per heavy atom. The summed E-state index contributed by atoms with van der Waals surface area (Å²) in [6.45, 7) is -0.495. The number of ether oxygens (including phenoxy) is 2. The Hall–Kier alpha value is -3.33. The second-order valence-corrected chi connectivity index (χ2v) is 6.56. The van der Waals surface area contributed by atoms with Crippen molar-refractivity contribution >= 4 is 40.6 Å². The number of rotatable bonds is 6. The van der Waals surface area contributed by atoms with E-state index in [0.29, 0.717) is 16.2 Å². The highest BCUT2D eigenvalue weighted by molar-refractivity contribution is 8.18. The molecule has 1 fully saturated rings. The van der Waals surface area contributed by atoms with Crippen LogP contribution in [0.2, 0.25) is 0 Å². The van der Waals surface area contributed by atoms with Crippen LogP contribution in [0.15, 0.2) is 52.4 Å². The number of hydrogen-bond acceptors (Lipinski definition) is 6. The summed E-state index contributed by atoms with van der Waals surface area (Å²) < 4.78 is 24.1. The second kappa shape index (κ2) is 8.57. The summed E-state index contributed by atoms with van der Waals surface area (Å²) in [5.41, 5.74) is 0.775. The minimum absolute atomic E-state index is 0.133. The standard InChI is InChI=1S/C19H15FN2O5S/c1-26-15-8-11(6-7-14(15)27-10-17(23)24)9-16-18(25)22-19(28-16)21-13-5-3-2-4-12(13)20/h2-9H,10H2,1H3,(H,23,24)(H,21,22,25)/b16-9+. The molecule has 0 aliphatic carbocycles. The van der Waals surface area contributed by atoms with Gasteiger partial charge in [-0.1, -0.05) is 18.2 Å². The van der Waals surface area contributed by atoms with Gasteiger partial charge in [0.15, 0.2) is 23.3 Å². The van der Waals surface area contributed by atoms with E-state index in [1.165, 1.54) is 19.2 Å². The number of amides is 1. The normalized spacial score (nSPS) is 16.3. The number of para-hydroxylation sites is 1. The fourth-order valence-electron chi connectivity index (χ4n) is 2.32. The van der Waals surface area contributed by atoms with E-state index in [-0.39, 0.29) is 22.5 Å². The van der Waals surface area contributed by atoms with Crippen LogP contribution in [0, 0.1) is 5.82 Å². The first-order chi connectivity index (χ1) is 13.5. The van der Waals surface area contributed by atoms with Crippen LogP contribution in [0.25, 0.3) is 6.08 Å². The predicted octanol–water partition coefficient (Wildman–Crippen LogP) is 3.19. The van der Waals surface area contributed by atoms with E-state index in [0.717, 1.165) is 11.8 Å². The van der Waals surface area contributed by atoms with Crippen LogP contribution in [0.5, 0.6) is 11.5 Å². The maximum absolute atomic E-state index is 13.7. The predicted molar refractivity (Wildman–Crippen MR) is 103 cm³/mol. The van der Waals surface area contributed by atoms with E-state index in [4.69, 9.17) is 14.6 Å². The molecule has 1 heterocycles. The smallest absolute Gasteiger partial charge is 0.341 e. The molecule has 2 N–H and O–H groups in total. The van der Waals surface area contributed by atoms with Crippen LogP contribution >= 0.6 is 11.8 Å². The highest BCUT2D eigenvalue weighted by Gasteiger charge is 2.24. The minimum Gasteiger partial charge on any atom is -0.493 e. The maximum atomic E-state index is 13.7. The molecule has 144 valence electrons. The molecule has 3 rings (SSSR count). The summed E-state index contributed by atoms with van der Waals surface area (Å²) in [4.78, 5) is 27.3. The quantitative estimate of drug-likeness (QED) is 0.721. The van der Waals surface area contributed by atoms with Gasteiger partial charge in [0.25, 0.3) is 5.91 Å². The highest BCUT2D eigenvalue weighted by atomic mass is 32.2. The number of halogens is 1. The Morgan fingerprint density at radius 2 is 2.07 bits per heavy atom. The number of carbonyl (C=O) groups is 2. The lowest BCUT2D eigenvalue weighted by Crippen LogP contribution is -2.19. The number of aliphatic carboxylic acids is 1. The van der Waals surface area contributed by atoms with E-state index in [1.807, 2.05) is 0 Å². The summed E-state index contributed by atoms with van der Waals surface area (Å²) in [6, 6.07) is 10.8. The van der Waals surface area contributed by atoms with Gasteiger partial charge in [0.05, 0.1) is 12.0 Å². The maximum Gasteiger partial charge on any atom is 0.341 e. The molecule has 0 unspecified atom stereocenters. The molecule has 28 heavy (non-hydrogen) atoms. The number of amidine groups is 1. The van der Waals surface area contributed by atoms with Crippen molar-refractivity contribution in [2.75, 3.05) is 13.7 Å². The molecule has 7 nitrogen and oxygen atoms in total. The fraction of sp³-hybridized carbons (Fsp3) is 0.105. The second-order valence-electron chi connectivity index (χ2n) is 5.53. The average Bonchev–Trinajstić information content (AvgIpc) is 3.01. The molecule has 1 saturated heterocycles. The average molecular weight is 402 g/mol. The van der Waals surface area contributed by atoms with Gasteiger partial charge in [-0.2, -0.15) is 0 Å². The van der Waals surface area contributed by atoms with Crippen molar-refractivity contribution < 1.29 is 28.6 Å². The van der Waals surface area contributed by atoms with E-state index < -0.39 is 18.4 Å². The highest BCUT2D eigenvalue weighted by Crippen LogP contribution is 2.32. The zero-order valence-corrected chi connectivity index (χ0v) is 15.5. The molecule has 1 aliphatic heterocycles. The van der Waals surface area contributed by atoms with Gasteiger partial charge < -0.3 is 19.9 Å². The number of nitrogens with zero attached hydrogens (tertiary/aromatic N) is 1. The first kappa shape index (κ1) is 19.4. The van der Waals surface area contributed by atoms with Gasteiger partial charge in [-0.05, 0) is 47.7 Å². The monoisotopic (exact) mass is 402 g/mol. The third kappa shape index (κ3) is 4.68. The topological polar surface area (TPSA) is 97.2 Å². The third-order valence-electron chi connectivity index (χ3n) is 3.56. The number of benzene rings is 2. The molecule has 2 aromatic rings. The van der Waals surface area contributed by atoms with Crippen molar-refractivity contribution in [1.82, 2.24) is 5.32 Å². The zero-order chi connectivity index (χ0) is 20.1. The molecule has 2 aromatic carbocycles. The van der Waals surface area contributed by atoms with Gasteiger partial charge in [-0.15, -0.1) is 0 Å². The lowest BCUT2D eigenvalue weighted by Gasteiger charge is -2.09. The number of hydrogen-bond donors (Lipinski definition) is 2. The number of nitrogens with one attached hydrogen (secondary N) is 1. The number of carboxylic acid groups (broad SMARTS) is 1. The Kier molecular flexibility index (Phi) is 5.95. The molecule has 0 aromatic heterocycles. The van der Waals surface area contributed by atoms with Crippen LogP contribution in [0.3, 0.4) is 0 Å². The SMILES string of the molecule is COc1cc(/C=C2/SC(=Nc3ccccc3F)NC2=O)ccc1OCC(=O)O. The zero-order valence-electron chi connectivity index (χ0n) is 14.6. The summed E-state index contributed by atoms with van der Waals surface area (Å²) in [7, 11) is 1.43. The molecule has 9 heteroatoms. The first-order valence-electron chi connectivity index (χ1n) is 8.03. The van der Waals surface area contributed by atoms with E-state index in [9.17, 15) is 14.0 Å². The van der Waals surface area contributed by atoms with Crippen LogP contribution in [-0.4, -0.2) is 35.9 Å². The van der Waals surface area contributed by atoms with Crippen molar-refractivity contribution in [2.24, 2.45) is 4.99 Å².